The van der Waals surface area contributed by atoms with Crippen LogP contribution in [-0.4, -0.2) is 34.5 Å². The van der Waals surface area contributed by atoms with Gasteiger partial charge in [-0.05, 0) is 19.1 Å². The summed E-state index contributed by atoms with van der Waals surface area (Å²) in [4.78, 5) is 10.0. The maximum Gasteiger partial charge on any atom is 0.270 e. The molecule has 2 rings (SSSR count). The maximum absolute atomic E-state index is 12.5. The van der Waals surface area contributed by atoms with E-state index in [0.29, 0.717) is 12.2 Å². The maximum atomic E-state index is 12.5. The first-order valence-electron chi connectivity index (χ1n) is 6.57. The molecule has 0 bridgehead atoms. The quantitative estimate of drug-likeness (QED) is 0.594. The molecule has 2 aromatic rings. The van der Waals surface area contributed by atoms with Crippen LogP contribution in [0.2, 0.25) is 0 Å². The van der Waals surface area contributed by atoms with Crippen LogP contribution in [0.3, 0.4) is 0 Å². The minimum absolute atomic E-state index is 0.0953. The topological polar surface area (TPSA) is 98.3 Å². The van der Waals surface area contributed by atoms with E-state index in [1.165, 1.54) is 25.2 Å². The number of benzene rings is 1. The summed E-state index contributed by atoms with van der Waals surface area (Å²) in [6.45, 7) is 2.72. The van der Waals surface area contributed by atoms with E-state index >= 15 is 0 Å². The summed E-state index contributed by atoms with van der Waals surface area (Å²) in [6.07, 6.45) is 1.77. The number of aromatic nitrogens is 2. The Morgan fingerprint density at radius 3 is 2.68 bits per heavy atom. The molecule has 1 aromatic heterocycles. The number of nitro benzene ring substituents is 1. The van der Waals surface area contributed by atoms with E-state index in [1.807, 2.05) is 6.92 Å². The van der Waals surface area contributed by atoms with Gasteiger partial charge in [-0.3, -0.25) is 14.8 Å². The highest BCUT2D eigenvalue weighted by Gasteiger charge is 2.23. The second-order valence-electron chi connectivity index (χ2n) is 4.68. The van der Waals surface area contributed by atoms with Crippen molar-refractivity contribution in [1.29, 1.82) is 0 Å². The van der Waals surface area contributed by atoms with Crippen LogP contribution in [0.1, 0.15) is 12.6 Å². The molecule has 0 unspecified atom stereocenters. The second-order valence-corrected chi connectivity index (χ2v) is 6.72. The van der Waals surface area contributed by atoms with Gasteiger partial charge < -0.3 is 0 Å². The van der Waals surface area contributed by atoms with E-state index in [4.69, 9.17) is 0 Å². The summed E-state index contributed by atoms with van der Waals surface area (Å²) in [5.74, 6) is 0. The van der Waals surface area contributed by atoms with Crippen LogP contribution < -0.4 is 0 Å². The second kappa shape index (κ2) is 6.24. The molecule has 0 atom stereocenters. The fraction of sp³-hybridized carbons (Fsp3) is 0.308. The van der Waals surface area contributed by atoms with Crippen LogP contribution in [0, 0.1) is 10.1 Å². The zero-order chi connectivity index (χ0) is 16.3. The van der Waals surface area contributed by atoms with Crippen molar-refractivity contribution < 1.29 is 13.3 Å². The van der Waals surface area contributed by atoms with Crippen molar-refractivity contribution in [1.82, 2.24) is 14.1 Å². The summed E-state index contributed by atoms with van der Waals surface area (Å²) in [5.41, 5.74) is 0.350. The number of sulfonamides is 1. The molecule has 0 radical (unpaired) electrons. The summed E-state index contributed by atoms with van der Waals surface area (Å²) in [5, 5.41) is 15.0. The minimum atomic E-state index is -3.81. The van der Waals surface area contributed by atoms with Crippen molar-refractivity contribution in [2.75, 3.05) is 7.05 Å². The first-order chi connectivity index (χ1) is 10.3. The van der Waals surface area contributed by atoms with E-state index in [0.717, 1.165) is 10.4 Å². The third kappa shape index (κ3) is 3.31. The first kappa shape index (κ1) is 16.1. The van der Waals surface area contributed by atoms with Gasteiger partial charge in [-0.1, -0.05) is 6.07 Å². The molecule has 0 aliphatic heterocycles. The Morgan fingerprint density at radius 2 is 2.09 bits per heavy atom. The minimum Gasteiger partial charge on any atom is -0.273 e. The Kier molecular flexibility index (Phi) is 4.57. The van der Waals surface area contributed by atoms with Gasteiger partial charge >= 0.3 is 0 Å². The standard InChI is InChI=1S/C13H16N4O4S/c1-3-16-8-7-11(14-16)10-15(2)22(20,21)13-6-4-5-12(9-13)17(18)19/h4-9H,3,10H2,1-2H3. The molecule has 0 aliphatic carbocycles. The van der Waals surface area contributed by atoms with Crippen molar-refractivity contribution in [2.45, 2.75) is 24.9 Å². The highest BCUT2D eigenvalue weighted by atomic mass is 32.2. The van der Waals surface area contributed by atoms with Gasteiger partial charge in [0.05, 0.1) is 22.1 Å². The predicted molar refractivity (Wildman–Crippen MR) is 79.7 cm³/mol. The SMILES string of the molecule is CCn1ccc(CN(C)S(=O)(=O)c2cccc([N+](=O)[O-])c2)n1. The van der Waals surface area contributed by atoms with E-state index < -0.39 is 14.9 Å². The molecule has 9 heteroatoms. The van der Waals surface area contributed by atoms with Gasteiger partial charge in [0.15, 0.2) is 0 Å². The lowest BCUT2D eigenvalue weighted by atomic mass is 10.3. The van der Waals surface area contributed by atoms with Crippen molar-refractivity contribution in [2.24, 2.45) is 0 Å². The van der Waals surface area contributed by atoms with E-state index in [2.05, 4.69) is 5.10 Å². The first-order valence-corrected chi connectivity index (χ1v) is 8.01. The van der Waals surface area contributed by atoms with Crippen molar-refractivity contribution in [3.8, 4) is 0 Å². The summed E-state index contributed by atoms with van der Waals surface area (Å²) in [6, 6.07) is 6.73. The fourth-order valence-electron chi connectivity index (χ4n) is 1.91. The Morgan fingerprint density at radius 1 is 1.36 bits per heavy atom. The van der Waals surface area contributed by atoms with Crippen molar-refractivity contribution in [3.05, 3.63) is 52.3 Å². The number of rotatable bonds is 6. The number of hydrogen-bond donors (Lipinski definition) is 0. The monoisotopic (exact) mass is 324 g/mol. The Labute approximate surface area is 128 Å². The average Bonchev–Trinajstić information content (AvgIpc) is 2.95. The number of non-ortho nitro benzene ring substituents is 1. The highest BCUT2D eigenvalue weighted by molar-refractivity contribution is 7.89. The van der Waals surface area contributed by atoms with Gasteiger partial charge in [0.1, 0.15) is 0 Å². The molecule has 1 heterocycles. The molecule has 8 nitrogen and oxygen atoms in total. The molecule has 22 heavy (non-hydrogen) atoms. The lowest BCUT2D eigenvalue weighted by Crippen LogP contribution is -2.26. The molecule has 0 fully saturated rings. The fourth-order valence-corrected chi connectivity index (χ4v) is 3.10. The molecule has 0 amide bonds. The molecular formula is C13H16N4O4S. The smallest absolute Gasteiger partial charge is 0.270 e. The Hall–Kier alpha value is -2.26. The summed E-state index contributed by atoms with van der Waals surface area (Å²) >= 11 is 0. The molecule has 0 saturated carbocycles. The van der Waals surface area contributed by atoms with Crippen LogP contribution in [0.25, 0.3) is 0 Å². The van der Waals surface area contributed by atoms with Crippen LogP contribution in [0.15, 0.2) is 41.4 Å². The molecule has 0 aliphatic rings. The zero-order valence-corrected chi connectivity index (χ0v) is 13.0. The highest BCUT2D eigenvalue weighted by Crippen LogP contribution is 2.21. The van der Waals surface area contributed by atoms with Gasteiger partial charge in [0.25, 0.3) is 5.69 Å². The number of nitro groups is 1. The number of nitrogens with zero attached hydrogens (tertiary/aromatic N) is 4. The van der Waals surface area contributed by atoms with Gasteiger partial charge in [0.2, 0.25) is 10.0 Å². The van der Waals surface area contributed by atoms with Gasteiger partial charge in [-0.2, -0.15) is 9.40 Å². The molecule has 0 N–H and O–H groups in total. The predicted octanol–water partition coefficient (Wildman–Crippen LogP) is 1.63. The average molecular weight is 324 g/mol. The van der Waals surface area contributed by atoms with E-state index in [9.17, 15) is 18.5 Å². The van der Waals surface area contributed by atoms with Gasteiger partial charge in [-0.25, -0.2) is 8.42 Å². The largest absolute Gasteiger partial charge is 0.273 e. The molecular weight excluding hydrogens is 308 g/mol. The normalized spacial score (nSPS) is 11.8. The lowest BCUT2D eigenvalue weighted by Gasteiger charge is -2.15. The molecule has 118 valence electrons. The van der Waals surface area contributed by atoms with Crippen LogP contribution in [-0.2, 0) is 23.1 Å². The number of hydrogen-bond acceptors (Lipinski definition) is 5. The van der Waals surface area contributed by atoms with E-state index in [-0.39, 0.29) is 17.1 Å². The van der Waals surface area contributed by atoms with Crippen LogP contribution in [0.5, 0.6) is 0 Å². The number of aryl methyl sites for hydroxylation is 1. The Balaban J connectivity index is 2.25. The van der Waals surface area contributed by atoms with Crippen molar-refractivity contribution >= 4 is 15.7 Å². The Bertz CT molecular complexity index is 785. The van der Waals surface area contributed by atoms with Crippen LogP contribution in [0.4, 0.5) is 5.69 Å². The zero-order valence-electron chi connectivity index (χ0n) is 12.2. The van der Waals surface area contributed by atoms with Gasteiger partial charge in [0, 0.05) is 31.9 Å². The third-order valence-electron chi connectivity index (χ3n) is 3.14. The van der Waals surface area contributed by atoms with Crippen LogP contribution >= 0.6 is 0 Å². The van der Waals surface area contributed by atoms with E-state index in [1.54, 1.807) is 16.9 Å². The molecule has 0 saturated heterocycles. The van der Waals surface area contributed by atoms with Gasteiger partial charge in [-0.15, -0.1) is 0 Å². The lowest BCUT2D eigenvalue weighted by molar-refractivity contribution is -0.385. The molecule has 1 aromatic carbocycles. The molecule has 0 spiro atoms. The third-order valence-corrected chi connectivity index (χ3v) is 4.94. The van der Waals surface area contributed by atoms with Crippen molar-refractivity contribution in [3.63, 3.8) is 0 Å². The summed E-state index contributed by atoms with van der Waals surface area (Å²) < 4.78 is 27.7. The summed E-state index contributed by atoms with van der Waals surface area (Å²) in [7, 11) is -2.40.